The van der Waals surface area contributed by atoms with Gasteiger partial charge in [0.2, 0.25) is 0 Å². The summed E-state index contributed by atoms with van der Waals surface area (Å²) < 4.78 is 7.26. The summed E-state index contributed by atoms with van der Waals surface area (Å²) in [6, 6.07) is 15.5. The Morgan fingerprint density at radius 2 is 1.89 bits per heavy atom. The van der Waals surface area contributed by atoms with E-state index in [1.807, 2.05) is 59.3 Å². The van der Waals surface area contributed by atoms with Gasteiger partial charge in [-0.2, -0.15) is 0 Å². The van der Waals surface area contributed by atoms with Crippen LogP contribution >= 0.6 is 11.3 Å². The summed E-state index contributed by atoms with van der Waals surface area (Å²) in [5.74, 6) is 0.615. The highest BCUT2D eigenvalue weighted by atomic mass is 32.1. The van der Waals surface area contributed by atoms with Crippen molar-refractivity contribution in [3.63, 3.8) is 0 Å². The van der Waals surface area contributed by atoms with Crippen LogP contribution in [-0.4, -0.2) is 21.9 Å². The summed E-state index contributed by atoms with van der Waals surface area (Å²) in [7, 11) is 0. The maximum atomic E-state index is 12.7. The van der Waals surface area contributed by atoms with E-state index in [0.29, 0.717) is 12.3 Å². The van der Waals surface area contributed by atoms with Crippen molar-refractivity contribution < 1.29 is 9.53 Å². The highest BCUT2D eigenvalue weighted by molar-refractivity contribution is 7.15. The number of fused-ring (bicyclic) bond motifs is 1. The molecule has 0 aliphatic rings. The fourth-order valence-electron chi connectivity index (χ4n) is 2.81. The first kappa shape index (κ1) is 17.3. The number of hydrogen-bond acceptors (Lipinski definition) is 4. The summed E-state index contributed by atoms with van der Waals surface area (Å²) in [5, 5.41) is 4.75. The van der Waals surface area contributed by atoms with Crippen molar-refractivity contribution in [2.45, 2.75) is 13.8 Å². The summed E-state index contributed by atoms with van der Waals surface area (Å²) in [6.45, 7) is 4.61. The summed E-state index contributed by atoms with van der Waals surface area (Å²) in [4.78, 5) is 18.1. The van der Waals surface area contributed by atoms with Crippen molar-refractivity contribution in [3.05, 3.63) is 71.4 Å². The number of benzene rings is 2. The average molecular weight is 377 g/mol. The molecule has 2 heterocycles. The van der Waals surface area contributed by atoms with Gasteiger partial charge in [0.1, 0.15) is 11.4 Å². The van der Waals surface area contributed by atoms with Gasteiger partial charge in [-0.05, 0) is 38.1 Å². The Morgan fingerprint density at radius 3 is 2.59 bits per heavy atom. The van der Waals surface area contributed by atoms with E-state index < -0.39 is 0 Å². The van der Waals surface area contributed by atoms with Gasteiger partial charge in [-0.3, -0.25) is 9.20 Å². The third-order valence-corrected chi connectivity index (χ3v) is 5.05. The van der Waals surface area contributed by atoms with Crippen molar-refractivity contribution in [3.8, 4) is 17.0 Å². The molecule has 0 bridgehead atoms. The molecule has 0 fully saturated rings. The van der Waals surface area contributed by atoms with E-state index in [9.17, 15) is 4.79 Å². The average Bonchev–Trinajstić information content (AvgIpc) is 3.25. The van der Waals surface area contributed by atoms with E-state index in [0.717, 1.165) is 27.7 Å². The van der Waals surface area contributed by atoms with Gasteiger partial charge in [-0.15, -0.1) is 11.3 Å². The Hall–Kier alpha value is -3.12. The number of nitrogens with one attached hydrogen (secondary N) is 1. The van der Waals surface area contributed by atoms with Crippen LogP contribution in [0.1, 0.15) is 23.0 Å². The molecule has 0 spiro atoms. The van der Waals surface area contributed by atoms with Gasteiger partial charge < -0.3 is 10.1 Å². The van der Waals surface area contributed by atoms with Crippen molar-refractivity contribution in [1.29, 1.82) is 0 Å². The van der Waals surface area contributed by atoms with Gasteiger partial charge in [0, 0.05) is 22.8 Å². The molecule has 0 aliphatic heterocycles. The Kier molecular flexibility index (Phi) is 4.64. The van der Waals surface area contributed by atoms with Gasteiger partial charge >= 0.3 is 0 Å². The standard InChI is InChI=1S/C21H19N3O2S/c1-3-26-17-10-8-16(9-11-17)22-20(25)19-13-27-21-23-18(12-24(19)21)15-6-4-14(2)5-7-15/h4-13H,3H2,1-2H3,(H,22,25). The predicted octanol–water partition coefficient (Wildman–Crippen LogP) is 5.02. The number of rotatable bonds is 5. The topological polar surface area (TPSA) is 55.6 Å². The molecule has 0 saturated carbocycles. The first-order valence-corrected chi connectivity index (χ1v) is 9.60. The molecule has 1 amide bonds. The minimum atomic E-state index is -0.168. The zero-order valence-electron chi connectivity index (χ0n) is 15.1. The van der Waals surface area contributed by atoms with E-state index in [2.05, 4.69) is 29.4 Å². The number of thiazole rings is 1. The largest absolute Gasteiger partial charge is 0.494 e. The molecule has 0 saturated heterocycles. The molecule has 5 nitrogen and oxygen atoms in total. The third-order valence-electron chi connectivity index (χ3n) is 4.21. The van der Waals surface area contributed by atoms with E-state index in [1.165, 1.54) is 16.9 Å². The number of carbonyl (C=O) groups is 1. The van der Waals surface area contributed by atoms with Crippen molar-refractivity contribution in [1.82, 2.24) is 9.38 Å². The number of nitrogens with zero attached hydrogens (tertiary/aromatic N) is 2. The molecule has 136 valence electrons. The van der Waals surface area contributed by atoms with Gasteiger partial charge in [-0.25, -0.2) is 4.98 Å². The lowest BCUT2D eigenvalue weighted by molar-refractivity contribution is 0.102. The lowest BCUT2D eigenvalue weighted by atomic mass is 10.1. The first-order valence-electron chi connectivity index (χ1n) is 8.72. The summed E-state index contributed by atoms with van der Waals surface area (Å²) in [5.41, 5.74) is 4.39. The fraction of sp³-hybridized carbons (Fsp3) is 0.143. The van der Waals surface area contributed by atoms with Crippen LogP contribution in [0.2, 0.25) is 0 Å². The van der Waals surface area contributed by atoms with Crippen LogP contribution in [0, 0.1) is 6.92 Å². The molecule has 2 aromatic heterocycles. The van der Waals surface area contributed by atoms with Crippen LogP contribution in [0.4, 0.5) is 5.69 Å². The quantitative estimate of drug-likeness (QED) is 0.531. The summed E-state index contributed by atoms with van der Waals surface area (Å²) in [6.07, 6.45) is 1.91. The maximum Gasteiger partial charge on any atom is 0.273 e. The summed E-state index contributed by atoms with van der Waals surface area (Å²) >= 11 is 1.45. The monoisotopic (exact) mass is 377 g/mol. The van der Waals surface area contributed by atoms with Gasteiger partial charge in [0.05, 0.1) is 12.3 Å². The van der Waals surface area contributed by atoms with E-state index in [-0.39, 0.29) is 5.91 Å². The second kappa shape index (κ2) is 7.25. The minimum Gasteiger partial charge on any atom is -0.494 e. The van der Waals surface area contributed by atoms with Crippen LogP contribution in [0.15, 0.2) is 60.1 Å². The molecule has 0 aliphatic carbocycles. The second-order valence-electron chi connectivity index (χ2n) is 6.18. The highest BCUT2D eigenvalue weighted by Crippen LogP contribution is 2.25. The highest BCUT2D eigenvalue weighted by Gasteiger charge is 2.15. The smallest absolute Gasteiger partial charge is 0.273 e. The number of ether oxygens (including phenoxy) is 1. The van der Waals surface area contributed by atoms with Crippen molar-refractivity contribution >= 4 is 27.9 Å². The fourth-order valence-corrected chi connectivity index (χ4v) is 3.66. The third kappa shape index (κ3) is 3.57. The molecule has 2 aromatic carbocycles. The zero-order chi connectivity index (χ0) is 18.8. The second-order valence-corrected chi connectivity index (χ2v) is 7.01. The molecule has 0 radical (unpaired) electrons. The lowest BCUT2D eigenvalue weighted by Gasteiger charge is -2.06. The molecule has 27 heavy (non-hydrogen) atoms. The first-order chi connectivity index (χ1) is 13.1. The number of aromatic nitrogens is 2. The number of amides is 1. The van der Waals surface area contributed by atoms with Gasteiger partial charge in [0.15, 0.2) is 4.96 Å². The predicted molar refractivity (Wildman–Crippen MR) is 109 cm³/mol. The zero-order valence-corrected chi connectivity index (χ0v) is 15.9. The normalized spacial score (nSPS) is 10.9. The molecular formula is C21H19N3O2S. The van der Waals surface area contributed by atoms with Crippen LogP contribution in [0.5, 0.6) is 5.75 Å². The molecule has 1 N–H and O–H groups in total. The van der Waals surface area contributed by atoms with E-state index >= 15 is 0 Å². The SMILES string of the molecule is CCOc1ccc(NC(=O)c2csc3nc(-c4ccc(C)cc4)cn23)cc1. The van der Waals surface area contributed by atoms with Crippen LogP contribution in [0.25, 0.3) is 16.2 Å². The molecular weight excluding hydrogens is 358 g/mol. The molecule has 4 aromatic rings. The number of aryl methyl sites for hydroxylation is 1. The van der Waals surface area contributed by atoms with Crippen LogP contribution in [-0.2, 0) is 0 Å². The van der Waals surface area contributed by atoms with Crippen molar-refractivity contribution in [2.75, 3.05) is 11.9 Å². The number of anilines is 1. The molecule has 0 atom stereocenters. The van der Waals surface area contributed by atoms with Crippen LogP contribution < -0.4 is 10.1 Å². The van der Waals surface area contributed by atoms with E-state index in [1.54, 1.807) is 0 Å². The Balaban J connectivity index is 1.57. The number of imidazole rings is 1. The minimum absolute atomic E-state index is 0.168. The maximum absolute atomic E-state index is 12.7. The molecule has 4 rings (SSSR count). The van der Waals surface area contributed by atoms with Crippen LogP contribution in [0.3, 0.4) is 0 Å². The Bertz CT molecular complexity index is 1080. The molecule has 0 unspecified atom stereocenters. The van der Waals surface area contributed by atoms with E-state index in [4.69, 9.17) is 4.74 Å². The van der Waals surface area contributed by atoms with Gasteiger partial charge in [0.25, 0.3) is 5.91 Å². The van der Waals surface area contributed by atoms with Crippen molar-refractivity contribution in [2.24, 2.45) is 0 Å². The number of hydrogen-bond donors (Lipinski definition) is 1. The Morgan fingerprint density at radius 1 is 1.15 bits per heavy atom. The lowest BCUT2D eigenvalue weighted by Crippen LogP contribution is -2.13. The Labute approximate surface area is 161 Å². The number of carbonyl (C=O) groups excluding carboxylic acids is 1. The van der Waals surface area contributed by atoms with Gasteiger partial charge in [-0.1, -0.05) is 29.8 Å². The molecule has 6 heteroatoms.